The summed E-state index contributed by atoms with van der Waals surface area (Å²) in [5, 5.41) is 2.16. The third-order valence-corrected chi connectivity index (χ3v) is 6.87. The van der Waals surface area contributed by atoms with Crippen LogP contribution in [-0.4, -0.2) is 0 Å². The van der Waals surface area contributed by atoms with Gasteiger partial charge in [-0.3, -0.25) is 0 Å². The van der Waals surface area contributed by atoms with Crippen LogP contribution in [0.2, 0.25) is 0 Å². The fourth-order valence-electron chi connectivity index (χ4n) is 2.84. The third kappa shape index (κ3) is 4.39. The Hall–Kier alpha value is -2.33. The molecule has 0 fully saturated rings. The van der Waals surface area contributed by atoms with Crippen LogP contribution in [0.5, 0.6) is 0 Å². The van der Waals surface area contributed by atoms with Gasteiger partial charge in [-0.05, 0) is 60.6 Å². The van der Waals surface area contributed by atoms with Gasteiger partial charge in [-0.15, -0.1) is 0 Å². The van der Waals surface area contributed by atoms with E-state index in [-0.39, 0.29) is 0 Å². The minimum atomic E-state index is -4.45. The zero-order valence-corrected chi connectivity index (χ0v) is 15.5. The number of halogens is 6. The molecule has 0 unspecified atom stereocenters. The molecule has 0 saturated heterocycles. The Kier molecular flexibility index (Phi) is 5.53. The molecule has 0 amide bonds. The quantitative estimate of drug-likeness (QED) is 0.377. The highest BCUT2D eigenvalue weighted by Crippen LogP contribution is 2.37. The first-order valence-corrected chi connectivity index (χ1v) is 9.62. The molecule has 0 bridgehead atoms. The van der Waals surface area contributed by atoms with Crippen LogP contribution in [0.1, 0.15) is 16.7 Å². The molecule has 0 aliphatic carbocycles. The summed E-state index contributed by atoms with van der Waals surface area (Å²) in [5.74, 6) is 0. The molecule has 0 spiro atoms. The molecule has 0 radical (unpaired) electrons. The van der Waals surface area contributed by atoms with E-state index in [2.05, 4.69) is 0 Å². The van der Waals surface area contributed by atoms with Crippen molar-refractivity contribution in [1.29, 1.82) is 0 Å². The van der Waals surface area contributed by atoms with Gasteiger partial charge < -0.3 is 0 Å². The highest BCUT2D eigenvalue weighted by molar-refractivity contribution is 7.79. The third-order valence-electron chi connectivity index (χ3n) is 4.26. The zero-order chi connectivity index (χ0) is 20.5. The topological polar surface area (TPSA) is 0 Å². The van der Waals surface area contributed by atoms with Gasteiger partial charge in [0, 0.05) is 0 Å². The first-order valence-electron chi connectivity index (χ1n) is 8.27. The van der Waals surface area contributed by atoms with Crippen LogP contribution in [0.3, 0.4) is 0 Å². The molecule has 146 valence electrons. The fraction of sp³-hybridized carbons (Fsp3) is 0.143. The Bertz CT molecular complexity index is 883. The van der Waals surface area contributed by atoms with E-state index < -0.39 is 31.4 Å². The summed E-state index contributed by atoms with van der Waals surface area (Å²) in [5.41, 5.74) is -0.597. The van der Waals surface area contributed by atoms with Crippen LogP contribution >= 0.6 is 7.92 Å². The van der Waals surface area contributed by atoms with E-state index in [9.17, 15) is 26.3 Å². The van der Waals surface area contributed by atoms with Gasteiger partial charge in [-0.2, -0.15) is 26.3 Å². The maximum Gasteiger partial charge on any atom is 0.416 e. The maximum atomic E-state index is 12.9. The van der Waals surface area contributed by atoms with Crippen molar-refractivity contribution in [3.05, 3.63) is 89.5 Å². The van der Waals surface area contributed by atoms with Crippen molar-refractivity contribution in [3.63, 3.8) is 0 Å². The van der Waals surface area contributed by atoms with E-state index >= 15 is 0 Å². The second-order valence-corrected chi connectivity index (χ2v) is 8.40. The molecular formula is C21H15F6P. The van der Waals surface area contributed by atoms with E-state index in [1.165, 1.54) is 24.3 Å². The monoisotopic (exact) mass is 412 g/mol. The lowest BCUT2D eigenvalue weighted by molar-refractivity contribution is -0.138. The van der Waals surface area contributed by atoms with Gasteiger partial charge in [0.25, 0.3) is 0 Å². The summed E-state index contributed by atoms with van der Waals surface area (Å²) in [6, 6.07) is 17.0. The molecule has 0 saturated carbocycles. The normalized spacial score (nSPS) is 12.4. The maximum absolute atomic E-state index is 12.9. The molecule has 3 aromatic carbocycles. The van der Waals surface area contributed by atoms with E-state index in [0.717, 1.165) is 35.1 Å². The van der Waals surface area contributed by atoms with E-state index in [0.29, 0.717) is 10.6 Å². The van der Waals surface area contributed by atoms with Gasteiger partial charge in [0.15, 0.2) is 0 Å². The number of hydrogen-bond acceptors (Lipinski definition) is 0. The predicted octanol–water partition coefficient (Wildman–Crippen LogP) is 5.79. The lowest BCUT2D eigenvalue weighted by Crippen LogP contribution is -2.23. The van der Waals surface area contributed by atoms with Gasteiger partial charge in [0.2, 0.25) is 0 Å². The van der Waals surface area contributed by atoms with Crippen molar-refractivity contribution in [3.8, 4) is 0 Å². The van der Waals surface area contributed by atoms with Gasteiger partial charge in [-0.1, -0.05) is 48.5 Å². The molecule has 28 heavy (non-hydrogen) atoms. The Morgan fingerprint density at radius 3 is 1.32 bits per heavy atom. The first-order chi connectivity index (χ1) is 13.1. The van der Waals surface area contributed by atoms with Crippen molar-refractivity contribution in [1.82, 2.24) is 0 Å². The van der Waals surface area contributed by atoms with Gasteiger partial charge in [-0.25, -0.2) is 0 Å². The van der Waals surface area contributed by atoms with Crippen LogP contribution in [-0.2, 0) is 12.4 Å². The minimum absolute atomic E-state index is 0.636. The summed E-state index contributed by atoms with van der Waals surface area (Å²) in [7, 11) is -1.30. The van der Waals surface area contributed by atoms with Crippen LogP contribution in [0.25, 0.3) is 0 Å². The summed E-state index contributed by atoms with van der Waals surface area (Å²) >= 11 is 0. The van der Waals surface area contributed by atoms with Crippen molar-refractivity contribution in [2.75, 3.05) is 0 Å². The largest absolute Gasteiger partial charge is 0.416 e. The average Bonchev–Trinajstić information content (AvgIpc) is 2.63. The number of aryl methyl sites for hydroxylation is 1. The molecule has 7 heteroatoms. The molecular weight excluding hydrogens is 397 g/mol. The second kappa shape index (κ2) is 7.59. The highest BCUT2D eigenvalue weighted by atomic mass is 31.1. The standard InChI is InChI=1S/C21H15F6P/c1-14-4-2-3-5-19(14)28(17-10-6-15(7-11-17)20(22,23)24)18-12-8-16(9-13-18)21(25,26)27/h2-13H,1H3. The van der Waals surface area contributed by atoms with E-state index in [1.807, 2.05) is 31.2 Å². The second-order valence-electron chi connectivity index (χ2n) is 6.21. The lowest BCUT2D eigenvalue weighted by Gasteiger charge is -2.22. The van der Waals surface area contributed by atoms with Crippen LogP contribution in [0, 0.1) is 6.92 Å². The van der Waals surface area contributed by atoms with Crippen LogP contribution in [0.4, 0.5) is 26.3 Å². The molecule has 0 N–H and O–H groups in total. The smallest absolute Gasteiger partial charge is 0.166 e. The molecule has 3 aromatic rings. The minimum Gasteiger partial charge on any atom is -0.166 e. The Morgan fingerprint density at radius 2 is 0.964 bits per heavy atom. The fourth-order valence-corrected chi connectivity index (χ4v) is 5.25. The molecule has 0 aromatic heterocycles. The van der Waals surface area contributed by atoms with E-state index in [4.69, 9.17) is 0 Å². The van der Waals surface area contributed by atoms with Crippen molar-refractivity contribution in [2.45, 2.75) is 19.3 Å². The highest BCUT2D eigenvalue weighted by Gasteiger charge is 2.32. The summed E-state index contributed by atoms with van der Waals surface area (Å²) in [4.78, 5) is 0. The van der Waals surface area contributed by atoms with Crippen LogP contribution in [0.15, 0.2) is 72.8 Å². The predicted molar refractivity (Wildman–Crippen MR) is 99.9 cm³/mol. The van der Waals surface area contributed by atoms with Gasteiger partial charge in [0.05, 0.1) is 11.1 Å². The van der Waals surface area contributed by atoms with Crippen LogP contribution < -0.4 is 15.9 Å². The van der Waals surface area contributed by atoms with Gasteiger partial charge in [0.1, 0.15) is 0 Å². The Labute approximate surface area is 159 Å². The number of hydrogen-bond donors (Lipinski definition) is 0. The number of rotatable bonds is 3. The summed E-state index contributed by atoms with van der Waals surface area (Å²) in [6.45, 7) is 1.87. The average molecular weight is 412 g/mol. The van der Waals surface area contributed by atoms with Crippen molar-refractivity contribution >= 4 is 23.8 Å². The molecule has 0 aliphatic rings. The molecule has 0 heterocycles. The Morgan fingerprint density at radius 1 is 0.571 bits per heavy atom. The zero-order valence-electron chi connectivity index (χ0n) is 14.6. The molecule has 3 rings (SSSR count). The molecule has 0 atom stereocenters. The summed E-state index contributed by atoms with van der Waals surface area (Å²) < 4.78 is 77.3. The summed E-state index contributed by atoms with van der Waals surface area (Å²) in [6.07, 6.45) is -8.89. The SMILES string of the molecule is Cc1ccccc1P(c1ccc(C(F)(F)F)cc1)c1ccc(C(F)(F)F)cc1. The molecule has 0 aliphatic heterocycles. The number of benzene rings is 3. The molecule has 0 nitrogen and oxygen atoms in total. The van der Waals surface area contributed by atoms with E-state index in [1.54, 1.807) is 0 Å². The lowest BCUT2D eigenvalue weighted by atomic mass is 10.2. The Balaban J connectivity index is 2.10. The van der Waals surface area contributed by atoms with Gasteiger partial charge >= 0.3 is 12.4 Å². The van der Waals surface area contributed by atoms with Crippen molar-refractivity contribution < 1.29 is 26.3 Å². The first kappa shape index (κ1) is 20.4. The number of alkyl halides is 6. The van der Waals surface area contributed by atoms with Crippen molar-refractivity contribution in [2.24, 2.45) is 0 Å².